The summed E-state index contributed by atoms with van der Waals surface area (Å²) in [6.45, 7) is 2.73. The molecule has 0 heterocycles. The molecule has 0 saturated carbocycles. The Morgan fingerprint density at radius 3 is 2.82 bits per heavy atom. The van der Waals surface area contributed by atoms with Gasteiger partial charge in [0.2, 0.25) is 0 Å². The van der Waals surface area contributed by atoms with Crippen LogP contribution in [0, 0.1) is 18.2 Å². The molecule has 0 radical (unpaired) electrons. The van der Waals surface area contributed by atoms with E-state index in [-0.39, 0.29) is 23.7 Å². The topological polar surface area (TPSA) is 46.3 Å². The van der Waals surface area contributed by atoms with Gasteiger partial charge in [-0.2, -0.15) is 0 Å². The molecule has 0 unspecified atom stereocenters. The van der Waals surface area contributed by atoms with Crippen LogP contribution in [-0.2, 0) is 0 Å². The maximum atomic E-state index is 12.9. The highest BCUT2D eigenvalue weighted by molar-refractivity contribution is 5.99. The maximum absolute atomic E-state index is 12.9. The van der Waals surface area contributed by atoms with Crippen molar-refractivity contribution in [2.75, 3.05) is 18.8 Å². The van der Waals surface area contributed by atoms with Gasteiger partial charge < -0.3 is 10.6 Å². The highest BCUT2D eigenvalue weighted by atomic mass is 19.1. The summed E-state index contributed by atoms with van der Waals surface area (Å²) < 4.78 is 12.9. The van der Waals surface area contributed by atoms with E-state index in [4.69, 9.17) is 12.2 Å². The van der Waals surface area contributed by atoms with Crippen molar-refractivity contribution >= 4 is 11.6 Å². The Morgan fingerprint density at radius 1 is 1.59 bits per heavy atom. The van der Waals surface area contributed by atoms with Crippen LogP contribution in [0.5, 0.6) is 0 Å². The number of nitrogen functional groups attached to an aromatic ring is 1. The van der Waals surface area contributed by atoms with Gasteiger partial charge in [0, 0.05) is 12.2 Å². The van der Waals surface area contributed by atoms with Gasteiger partial charge in [0.1, 0.15) is 5.82 Å². The van der Waals surface area contributed by atoms with Crippen molar-refractivity contribution in [3.63, 3.8) is 0 Å². The number of carbonyl (C=O) groups excluding carboxylic acids is 1. The molecule has 1 aromatic rings. The molecule has 0 bridgehead atoms. The molecule has 0 atom stereocenters. The molecule has 90 valence electrons. The number of halogens is 1. The van der Waals surface area contributed by atoms with Gasteiger partial charge in [-0.25, -0.2) is 4.39 Å². The highest BCUT2D eigenvalue weighted by Crippen LogP contribution is 2.15. The summed E-state index contributed by atoms with van der Waals surface area (Å²) in [6.07, 6.45) is 6.00. The van der Waals surface area contributed by atoms with E-state index in [1.807, 2.05) is 6.92 Å². The lowest BCUT2D eigenvalue weighted by Gasteiger charge is -2.20. The first-order valence-corrected chi connectivity index (χ1v) is 5.38. The molecule has 17 heavy (non-hydrogen) atoms. The Kier molecular flexibility index (Phi) is 4.53. The Hall–Kier alpha value is -2.02. The summed E-state index contributed by atoms with van der Waals surface area (Å²) in [7, 11) is 0. The van der Waals surface area contributed by atoms with E-state index in [0.717, 1.165) is 12.5 Å². The van der Waals surface area contributed by atoms with E-state index >= 15 is 0 Å². The van der Waals surface area contributed by atoms with Crippen molar-refractivity contribution in [1.29, 1.82) is 0 Å². The van der Waals surface area contributed by atoms with Crippen LogP contribution in [0.4, 0.5) is 10.1 Å². The van der Waals surface area contributed by atoms with E-state index in [1.165, 1.54) is 17.0 Å². The molecule has 0 aromatic heterocycles. The molecular formula is C13H15FN2O. The van der Waals surface area contributed by atoms with Crippen molar-refractivity contribution in [2.45, 2.75) is 13.3 Å². The third kappa shape index (κ3) is 3.22. The number of nitrogens with two attached hydrogens (primary N) is 1. The van der Waals surface area contributed by atoms with Gasteiger partial charge in [-0.15, -0.1) is 6.42 Å². The standard InChI is InChI=1S/C13H15FN2O/c1-3-7-16(8-4-2)13(17)11-6-5-10(14)9-12(11)15/h1,5-6,9H,4,7-8,15H2,2H3. The Bertz CT molecular complexity index is 451. The van der Waals surface area contributed by atoms with E-state index in [0.29, 0.717) is 6.54 Å². The Balaban J connectivity index is 2.97. The van der Waals surface area contributed by atoms with Crippen LogP contribution in [0.15, 0.2) is 18.2 Å². The second kappa shape index (κ2) is 5.90. The van der Waals surface area contributed by atoms with E-state index in [2.05, 4.69) is 5.92 Å². The summed E-state index contributed by atoms with van der Waals surface area (Å²) in [5.74, 6) is 1.70. The monoisotopic (exact) mass is 234 g/mol. The SMILES string of the molecule is C#CCN(CCC)C(=O)c1ccc(F)cc1N. The molecular weight excluding hydrogens is 219 g/mol. The lowest BCUT2D eigenvalue weighted by Crippen LogP contribution is -2.32. The lowest BCUT2D eigenvalue weighted by molar-refractivity contribution is 0.0778. The molecule has 0 saturated heterocycles. The van der Waals surface area contributed by atoms with Crippen molar-refractivity contribution in [3.05, 3.63) is 29.6 Å². The van der Waals surface area contributed by atoms with Crippen molar-refractivity contribution in [3.8, 4) is 12.3 Å². The number of nitrogens with zero attached hydrogens (tertiary/aromatic N) is 1. The number of anilines is 1. The molecule has 0 aliphatic rings. The fourth-order valence-corrected chi connectivity index (χ4v) is 1.53. The number of hydrogen-bond acceptors (Lipinski definition) is 2. The van der Waals surface area contributed by atoms with Gasteiger partial charge in [0.25, 0.3) is 5.91 Å². The van der Waals surface area contributed by atoms with Gasteiger partial charge in [-0.05, 0) is 24.6 Å². The number of hydrogen-bond donors (Lipinski definition) is 1. The van der Waals surface area contributed by atoms with E-state index < -0.39 is 5.82 Å². The summed E-state index contributed by atoms with van der Waals surface area (Å²) in [6, 6.07) is 3.73. The molecule has 2 N–H and O–H groups in total. The zero-order valence-electron chi connectivity index (χ0n) is 9.74. The summed E-state index contributed by atoms with van der Waals surface area (Å²) in [5.41, 5.74) is 6.03. The quantitative estimate of drug-likeness (QED) is 0.638. The van der Waals surface area contributed by atoms with Crippen LogP contribution < -0.4 is 5.73 Å². The number of terminal acetylenes is 1. The molecule has 1 aromatic carbocycles. The third-order valence-electron chi connectivity index (χ3n) is 2.31. The normalized spacial score (nSPS) is 9.71. The molecule has 0 aliphatic carbocycles. The predicted octanol–water partition coefficient (Wildman–Crippen LogP) is 1.89. The second-order valence-electron chi connectivity index (χ2n) is 3.66. The Morgan fingerprint density at radius 2 is 2.29 bits per heavy atom. The Labute approximate surface area is 100 Å². The fourth-order valence-electron chi connectivity index (χ4n) is 1.53. The minimum Gasteiger partial charge on any atom is -0.398 e. The van der Waals surface area contributed by atoms with Gasteiger partial charge in [-0.1, -0.05) is 12.8 Å². The zero-order chi connectivity index (χ0) is 12.8. The number of amides is 1. The van der Waals surface area contributed by atoms with Crippen LogP contribution in [0.2, 0.25) is 0 Å². The molecule has 0 spiro atoms. The predicted molar refractivity (Wildman–Crippen MR) is 65.8 cm³/mol. The number of carbonyl (C=O) groups is 1. The van der Waals surface area contributed by atoms with Crippen molar-refractivity contribution in [1.82, 2.24) is 4.90 Å². The van der Waals surface area contributed by atoms with Gasteiger partial charge >= 0.3 is 0 Å². The molecule has 3 nitrogen and oxygen atoms in total. The molecule has 1 rings (SSSR count). The van der Waals surface area contributed by atoms with E-state index in [9.17, 15) is 9.18 Å². The summed E-state index contributed by atoms with van der Waals surface area (Å²) in [4.78, 5) is 13.6. The first-order valence-electron chi connectivity index (χ1n) is 5.38. The molecule has 0 aliphatic heterocycles. The maximum Gasteiger partial charge on any atom is 0.256 e. The highest BCUT2D eigenvalue weighted by Gasteiger charge is 2.16. The van der Waals surface area contributed by atoms with Crippen LogP contribution >= 0.6 is 0 Å². The van der Waals surface area contributed by atoms with Gasteiger partial charge in [0.15, 0.2) is 0 Å². The van der Waals surface area contributed by atoms with Crippen LogP contribution in [0.25, 0.3) is 0 Å². The molecule has 4 heteroatoms. The smallest absolute Gasteiger partial charge is 0.256 e. The van der Waals surface area contributed by atoms with Crippen molar-refractivity contribution in [2.24, 2.45) is 0 Å². The fraction of sp³-hybridized carbons (Fsp3) is 0.308. The lowest BCUT2D eigenvalue weighted by atomic mass is 10.1. The van der Waals surface area contributed by atoms with Gasteiger partial charge in [-0.3, -0.25) is 4.79 Å². The van der Waals surface area contributed by atoms with Crippen molar-refractivity contribution < 1.29 is 9.18 Å². The average molecular weight is 234 g/mol. The first kappa shape index (κ1) is 13.0. The second-order valence-corrected chi connectivity index (χ2v) is 3.66. The van der Waals surface area contributed by atoms with Crippen LogP contribution in [0.1, 0.15) is 23.7 Å². The molecule has 0 fully saturated rings. The van der Waals surface area contributed by atoms with E-state index in [1.54, 1.807) is 0 Å². The minimum absolute atomic E-state index is 0.133. The number of benzene rings is 1. The van der Waals surface area contributed by atoms with Gasteiger partial charge in [0.05, 0.1) is 12.1 Å². The largest absolute Gasteiger partial charge is 0.398 e. The van der Waals surface area contributed by atoms with Crippen LogP contribution in [-0.4, -0.2) is 23.9 Å². The van der Waals surface area contributed by atoms with Crippen LogP contribution in [0.3, 0.4) is 0 Å². The average Bonchev–Trinajstić information content (AvgIpc) is 2.28. The zero-order valence-corrected chi connectivity index (χ0v) is 9.74. The third-order valence-corrected chi connectivity index (χ3v) is 2.31. The first-order chi connectivity index (χ1) is 8.10. The summed E-state index contributed by atoms with van der Waals surface area (Å²) in [5, 5.41) is 0. The number of rotatable bonds is 4. The summed E-state index contributed by atoms with van der Waals surface area (Å²) >= 11 is 0. The minimum atomic E-state index is -0.460. The molecule has 1 amide bonds.